The number of fused-ring (bicyclic) bond motifs is 1. The topological polar surface area (TPSA) is 69.0 Å². The Balaban J connectivity index is 1.60. The quantitative estimate of drug-likeness (QED) is 0.925. The molecule has 2 aromatic heterocycles. The van der Waals surface area contributed by atoms with Gasteiger partial charge in [0.05, 0.1) is 24.6 Å². The Hall–Kier alpha value is -2.11. The van der Waals surface area contributed by atoms with E-state index in [-0.39, 0.29) is 17.1 Å². The van der Waals surface area contributed by atoms with Crippen LogP contribution in [0.5, 0.6) is 0 Å². The number of carbonyl (C=O) groups excluding carboxylic acids is 1. The lowest BCUT2D eigenvalue weighted by Crippen LogP contribution is -2.44. The molecule has 0 bridgehead atoms. The molecule has 2 aromatic rings. The summed E-state index contributed by atoms with van der Waals surface area (Å²) < 4.78 is 7.80. The average Bonchev–Trinajstić information content (AvgIpc) is 3.03. The van der Waals surface area contributed by atoms with Crippen LogP contribution in [-0.2, 0) is 11.3 Å². The maximum absolute atomic E-state index is 11.5. The Kier molecular flexibility index (Phi) is 2.89. The Morgan fingerprint density at radius 2 is 2.36 bits per heavy atom. The summed E-state index contributed by atoms with van der Waals surface area (Å²) in [5.41, 5.74) is 1.81. The van der Waals surface area contributed by atoms with Gasteiger partial charge in [0.1, 0.15) is 11.1 Å². The van der Waals surface area contributed by atoms with Gasteiger partial charge in [0, 0.05) is 12.7 Å². The number of aromatic nitrogens is 3. The first kappa shape index (κ1) is 13.5. The maximum Gasteiger partial charge on any atom is 0.407 e. The Bertz CT molecular complexity index is 728. The first-order chi connectivity index (χ1) is 10.6. The molecule has 22 heavy (non-hydrogen) atoms. The zero-order chi connectivity index (χ0) is 15.2. The highest BCUT2D eigenvalue weighted by Crippen LogP contribution is 2.45. The fourth-order valence-corrected chi connectivity index (χ4v) is 4.12. The van der Waals surface area contributed by atoms with Gasteiger partial charge in [-0.1, -0.05) is 6.92 Å². The maximum atomic E-state index is 11.5. The summed E-state index contributed by atoms with van der Waals surface area (Å²) >= 11 is 0. The van der Waals surface area contributed by atoms with Crippen molar-refractivity contribution in [2.75, 3.05) is 6.54 Å². The van der Waals surface area contributed by atoms with Gasteiger partial charge in [0.15, 0.2) is 0 Å². The SMILES string of the molecule is CC1(Cn2cnc3cnccc32)CCCC2(CNC(=O)O2)C1. The first-order valence-electron chi connectivity index (χ1n) is 7.79. The predicted molar refractivity (Wildman–Crippen MR) is 81.3 cm³/mol. The van der Waals surface area contributed by atoms with Gasteiger partial charge in [0.2, 0.25) is 0 Å². The zero-order valence-corrected chi connectivity index (χ0v) is 12.7. The highest BCUT2D eigenvalue weighted by atomic mass is 16.6. The van der Waals surface area contributed by atoms with Crippen molar-refractivity contribution in [2.45, 2.75) is 44.8 Å². The van der Waals surface area contributed by atoms with Crippen molar-refractivity contribution in [3.05, 3.63) is 24.8 Å². The number of alkyl carbamates (subject to hydrolysis) is 1. The van der Waals surface area contributed by atoms with Gasteiger partial charge in [-0.3, -0.25) is 4.98 Å². The standard InChI is InChI=1S/C16H20N4O2/c1-15(4-2-5-16(8-15)9-18-14(21)22-16)10-20-11-19-12-7-17-6-3-13(12)20/h3,6-7,11H,2,4-5,8-10H2,1H3,(H,18,21). The monoisotopic (exact) mass is 300 g/mol. The molecule has 2 aliphatic rings. The minimum atomic E-state index is -0.317. The summed E-state index contributed by atoms with van der Waals surface area (Å²) in [6.07, 6.45) is 9.27. The molecule has 6 heteroatoms. The first-order valence-corrected chi connectivity index (χ1v) is 7.79. The molecule has 1 saturated carbocycles. The van der Waals surface area contributed by atoms with Crippen LogP contribution in [0, 0.1) is 5.41 Å². The van der Waals surface area contributed by atoms with Gasteiger partial charge in [0.25, 0.3) is 0 Å². The molecule has 1 saturated heterocycles. The Morgan fingerprint density at radius 3 is 3.18 bits per heavy atom. The van der Waals surface area contributed by atoms with Crippen molar-refractivity contribution < 1.29 is 9.53 Å². The van der Waals surface area contributed by atoms with Gasteiger partial charge in [-0.05, 0) is 37.2 Å². The molecule has 1 aliphatic carbocycles. The van der Waals surface area contributed by atoms with E-state index in [0.717, 1.165) is 43.3 Å². The third-order valence-electron chi connectivity index (χ3n) is 5.00. The Morgan fingerprint density at radius 1 is 1.45 bits per heavy atom. The van der Waals surface area contributed by atoms with Crippen LogP contribution in [0.2, 0.25) is 0 Å². The van der Waals surface area contributed by atoms with E-state index in [1.54, 1.807) is 12.4 Å². The molecule has 1 N–H and O–H groups in total. The molecule has 1 spiro atoms. The van der Waals surface area contributed by atoms with Crippen molar-refractivity contribution in [1.82, 2.24) is 19.9 Å². The predicted octanol–water partition coefficient (Wildman–Crippen LogP) is 2.49. The van der Waals surface area contributed by atoms with Gasteiger partial charge in [-0.15, -0.1) is 0 Å². The number of rotatable bonds is 2. The van der Waals surface area contributed by atoms with Crippen molar-refractivity contribution in [3.63, 3.8) is 0 Å². The molecule has 3 heterocycles. The summed E-state index contributed by atoms with van der Waals surface area (Å²) in [5.74, 6) is 0. The number of imidazole rings is 1. The van der Waals surface area contributed by atoms with Crippen molar-refractivity contribution in [1.29, 1.82) is 0 Å². The second kappa shape index (κ2) is 4.69. The van der Waals surface area contributed by atoms with Crippen molar-refractivity contribution >= 4 is 17.1 Å². The van der Waals surface area contributed by atoms with Crippen LogP contribution in [0.3, 0.4) is 0 Å². The molecule has 4 rings (SSSR count). The second-order valence-electron chi connectivity index (χ2n) is 7.00. The molecule has 6 nitrogen and oxygen atoms in total. The number of amides is 1. The zero-order valence-electron chi connectivity index (χ0n) is 12.7. The van der Waals surface area contributed by atoms with Crippen LogP contribution in [0.15, 0.2) is 24.8 Å². The molecule has 2 atom stereocenters. The molecule has 0 aromatic carbocycles. The largest absolute Gasteiger partial charge is 0.441 e. The fourth-order valence-electron chi connectivity index (χ4n) is 4.12. The van der Waals surface area contributed by atoms with E-state index >= 15 is 0 Å². The second-order valence-corrected chi connectivity index (χ2v) is 7.00. The molecule has 1 aliphatic heterocycles. The van der Waals surface area contributed by atoms with Crippen LogP contribution in [0.1, 0.15) is 32.6 Å². The summed E-state index contributed by atoms with van der Waals surface area (Å²) in [6, 6.07) is 2.00. The molecule has 2 unspecified atom stereocenters. The lowest BCUT2D eigenvalue weighted by atomic mass is 9.68. The van der Waals surface area contributed by atoms with E-state index in [1.807, 2.05) is 12.4 Å². The minimum absolute atomic E-state index is 0.0987. The average molecular weight is 300 g/mol. The van der Waals surface area contributed by atoms with Gasteiger partial charge >= 0.3 is 6.09 Å². The minimum Gasteiger partial charge on any atom is -0.441 e. The number of nitrogens with zero attached hydrogens (tertiary/aromatic N) is 3. The summed E-state index contributed by atoms with van der Waals surface area (Å²) in [4.78, 5) is 20.0. The molecule has 1 amide bonds. The van der Waals surface area contributed by atoms with E-state index in [0.29, 0.717) is 6.54 Å². The molecule has 0 radical (unpaired) electrons. The van der Waals surface area contributed by atoms with Crippen molar-refractivity contribution in [2.24, 2.45) is 5.41 Å². The fraction of sp³-hybridized carbons (Fsp3) is 0.562. The Labute approximate surface area is 128 Å². The summed E-state index contributed by atoms with van der Waals surface area (Å²) in [6.45, 7) is 3.80. The normalized spacial score (nSPS) is 31.4. The van der Waals surface area contributed by atoms with Crippen LogP contribution in [0.4, 0.5) is 4.79 Å². The molecule has 116 valence electrons. The lowest BCUT2D eigenvalue weighted by molar-refractivity contribution is -0.0265. The van der Waals surface area contributed by atoms with Crippen molar-refractivity contribution in [3.8, 4) is 0 Å². The van der Waals surface area contributed by atoms with Gasteiger partial charge < -0.3 is 14.6 Å². The lowest BCUT2D eigenvalue weighted by Gasteiger charge is -2.42. The van der Waals surface area contributed by atoms with Gasteiger partial charge in [-0.25, -0.2) is 9.78 Å². The van der Waals surface area contributed by atoms with E-state index < -0.39 is 0 Å². The smallest absolute Gasteiger partial charge is 0.407 e. The van der Waals surface area contributed by atoms with Crippen LogP contribution < -0.4 is 5.32 Å². The highest BCUT2D eigenvalue weighted by molar-refractivity contribution is 5.73. The van der Waals surface area contributed by atoms with Crippen LogP contribution >= 0.6 is 0 Å². The van der Waals surface area contributed by atoms with Crippen LogP contribution in [0.25, 0.3) is 11.0 Å². The highest BCUT2D eigenvalue weighted by Gasteiger charge is 2.48. The third kappa shape index (κ3) is 2.23. The number of carbonyl (C=O) groups is 1. The summed E-state index contributed by atoms with van der Waals surface area (Å²) in [7, 11) is 0. The third-order valence-corrected chi connectivity index (χ3v) is 5.00. The number of pyridine rings is 1. The summed E-state index contributed by atoms with van der Waals surface area (Å²) in [5, 5.41) is 2.82. The molecule has 2 fully saturated rings. The van der Waals surface area contributed by atoms with E-state index in [1.165, 1.54) is 0 Å². The number of hydrogen-bond acceptors (Lipinski definition) is 4. The van der Waals surface area contributed by atoms with E-state index in [9.17, 15) is 4.79 Å². The van der Waals surface area contributed by atoms with Crippen LogP contribution in [-0.4, -0.2) is 32.8 Å². The molecular formula is C16H20N4O2. The number of nitrogens with one attached hydrogen (secondary N) is 1. The number of hydrogen-bond donors (Lipinski definition) is 1. The molecular weight excluding hydrogens is 280 g/mol. The number of ether oxygens (including phenoxy) is 1. The van der Waals surface area contributed by atoms with E-state index in [2.05, 4.69) is 26.8 Å². The van der Waals surface area contributed by atoms with E-state index in [4.69, 9.17) is 4.74 Å². The van der Waals surface area contributed by atoms with Gasteiger partial charge in [-0.2, -0.15) is 0 Å².